The summed E-state index contributed by atoms with van der Waals surface area (Å²) in [5, 5.41) is 0.664. The van der Waals surface area contributed by atoms with Crippen molar-refractivity contribution >= 4 is 33.2 Å². The van der Waals surface area contributed by atoms with Gasteiger partial charge in [0.15, 0.2) is 0 Å². The van der Waals surface area contributed by atoms with Gasteiger partial charge in [-0.05, 0) is 61.4 Å². The van der Waals surface area contributed by atoms with Crippen LogP contribution in [0.4, 0.5) is 5.69 Å². The lowest BCUT2D eigenvalue weighted by Gasteiger charge is -2.37. The van der Waals surface area contributed by atoms with E-state index in [2.05, 4.69) is 9.62 Å². The largest absolute Gasteiger partial charge is 0.494 e. The summed E-state index contributed by atoms with van der Waals surface area (Å²) in [5.74, 6) is 0.352. The maximum absolute atomic E-state index is 13.6. The van der Waals surface area contributed by atoms with Crippen molar-refractivity contribution in [2.45, 2.75) is 24.3 Å². The lowest BCUT2D eigenvalue weighted by atomic mass is 10.1. The highest BCUT2D eigenvalue weighted by Gasteiger charge is 2.31. The molecule has 0 saturated carbocycles. The molecule has 7 nitrogen and oxygen atoms in total. The van der Waals surface area contributed by atoms with Crippen LogP contribution < -0.4 is 14.4 Å². The number of amides is 1. The molecule has 0 bridgehead atoms. The first kappa shape index (κ1) is 26.0. The number of hydrogen-bond donors (Lipinski definition) is 1. The van der Waals surface area contributed by atoms with Crippen molar-refractivity contribution in [2.24, 2.45) is 0 Å². The SMILES string of the molecule is CCOc1ccc(S(=O)(=O)N[C@@H](Cc2ccccc2)C(=O)N2CCN(c3cccc(Cl)c3)CC2)cc1. The van der Waals surface area contributed by atoms with Crippen LogP contribution in [0.3, 0.4) is 0 Å². The van der Waals surface area contributed by atoms with Crippen molar-refractivity contribution in [1.29, 1.82) is 0 Å². The lowest BCUT2D eigenvalue weighted by Crippen LogP contribution is -2.55. The second-order valence-corrected chi connectivity index (χ2v) is 10.7. The van der Waals surface area contributed by atoms with Crippen molar-refractivity contribution in [1.82, 2.24) is 9.62 Å². The topological polar surface area (TPSA) is 78.9 Å². The third kappa shape index (κ3) is 6.57. The second-order valence-electron chi connectivity index (χ2n) is 8.56. The standard InChI is InChI=1S/C27H30ClN3O4S/c1-2-35-24-11-13-25(14-12-24)36(33,34)29-26(19-21-7-4-3-5-8-21)27(32)31-17-15-30(16-18-31)23-10-6-9-22(28)20-23/h3-14,20,26,29H,2,15-19H2,1H3/t26-/m0/s1. The van der Waals surface area contributed by atoms with Crippen LogP contribution >= 0.6 is 11.6 Å². The van der Waals surface area contributed by atoms with Gasteiger partial charge in [-0.15, -0.1) is 0 Å². The number of nitrogens with one attached hydrogen (secondary N) is 1. The maximum Gasteiger partial charge on any atom is 0.241 e. The Bertz CT molecular complexity index is 1260. The van der Waals surface area contributed by atoms with E-state index in [1.54, 1.807) is 17.0 Å². The molecule has 1 N–H and O–H groups in total. The number of carbonyl (C=O) groups excluding carboxylic acids is 1. The predicted molar refractivity (Wildman–Crippen MR) is 142 cm³/mol. The van der Waals surface area contributed by atoms with E-state index in [4.69, 9.17) is 16.3 Å². The minimum Gasteiger partial charge on any atom is -0.494 e. The average molecular weight is 528 g/mol. The zero-order valence-corrected chi connectivity index (χ0v) is 21.7. The van der Waals surface area contributed by atoms with Gasteiger partial charge in [0.05, 0.1) is 11.5 Å². The van der Waals surface area contributed by atoms with E-state index in [1.165, 1.54) is 12.1 Å². The van der Waals surface area contributed by atoms with Gasteiger partial charge in [0.25, 0.3) is 0 Å². The number of nitrogens with zero attached hydrogens (tertiary/aromatic N) is 2. The molecule has 9 heteroatoms. The summed E-state index contributed by atoms with van der Waals surface area (Å²) < 4.78 is 34.5. The van der Waals surface area contributed by atoms with Crippen molar-refractivity contribution in [3.63, 3.8) is 0 Å². The number of rotatable bonds is 9. The Kier molecular flexibility index (Phi) is 8.51. The van der Waals surface area contributed by atoms with Gasteiger partial charge in [-0.2, -0.15) is 4.72 Å². The van der Waals surface area contributed by atoms with Crippen molar-refractivity contribution < 1.29 is 17.9 Å². The van der Waals surface area contributed by atoms with E-state index in [1.807, 2.05) is 61.5 Å². The molecule has 4 rings (SSSR count). The van der Waals surface area contributed by atoms with E-state index < -0.39 is 16.1 Å². The number of anilines is 1. The summed E-state index contributed by atoms with van der Waals surface area (Å²) in [6, 6.07) is 22.3. The van der Waals surface area contributed by atoms with E-state index >= 15 is 0 Å². The molecule has 1 amide bonds. The van der Waals surface area contributed by atoms with Gasteiger partial charge in [-0.1, -0.05) is 48.0 Å². The Hall–Kier alpha value is -3.07. The number of sulfonamides is 1. The summed E-state index contributed by atoms with van der Waals surface area (Å²) in [6.45, 7) is 4.60. The highest BCUT2D eigenvalue weighted by molar-refractivity contribution is 7.89. The molecule has 0 spiro atoms. The molecule has 1 saturated heterocycles. The number of piperazine rings is 1. The van der Waals surface area contributed by atoms with Crippen LogP contribution in [0, 0.1) is 0 Å². The Morgan fingerprint density at radius 3 is 2.31 bits per heavy atom. The minimum atomic E-state index is -3.93. The number of hydrogen-bond acceptors (Lipinski definition) is 5. The first-order chi connectivity index (χ1) is 17.4. The van der Waals surface area contributed by atoms with Gasteiger partial charge < -0.3 is 14.5 Å². The van der Waals surface area contributed by atoms with Gasteiger partial charge in [0.2, 0.25) is 15.9 Å². The van der Waals surface area contributed by atoms with Crippen LogP contribution in [0.5, 0.6) is 5.75 Å². The van der Waals surface area contributed by atoms with Crippen molar-refractivity contribution in [2.75, 3.05) is 37.7 Å². The van der Waals surface area contributed by atoms with Gasteiger partial charge in [0, 0.05) is 36.9 Å². The minimum absolute atomic E-state index is 0.0857. The molecule has 1 atom stereocenters. The van der Waals surface area contributed by atoms with E-state index in [0.717, 1.165) is 11.3 Å². The van der Waals surface area contributed by atoms with Crippen LogP contribution in [-0.4, -0.2) is 58.1 Å². The van der Waals surface area contributed by atoms with E-state index in [9.17, 15) is 13.2 Å². The fraction of sp³-hybridized carbons (Fsp3) is 0.296. The number of carbonyl (C=O) groups is 1. The Labute approximate surface area is 217 Å². The maximum atomic E-state index is 13.6. The lowest BCUT2D eigenvalue weighted by molar-refractivity contribution is -0.133. The van der Waals surface area contributed by atoms with E-state index in [0.29, 0.717) is 43.6 Å². The quantitative estimate of drug-likeness (QED) is 0.455. The molecule has 3 aromatic carbocycles. The smallest absolute Gasteiger partial charge is 0.241 e. The first-order valence-corrected chi connectivity index (χ1v) is 13.8. The molecule has 36 heavy (non-hydrogen) atoms. The zero-order valence-electron chi connectivity index (χ0n) is 20.1. The molecule has 3 aromatic rings. The molecular weight excluding hydrogens is 498 g/mol. The summed E-state index contributed by atoms with van der Waals surface area (Å²) in [4.78, 5) is 17.6. The van der Waals surface area contributed by atoms with Crippen LogP contribution in [0.1, 0.15) is 12.5 Å². The summed E-state index contributed by atoms with van der Waals surface area (Å²) in [6.07, 6.45) is 0.254. The molecule has 1 fully saturated rings. The van der Waals surface area contributed by atoms with Crippen LogP contribution in [0.25, 0.3) is 0 Å². The molecular formula is C27H30ClN3O4S. The van der Waals surface area contributed by atoms with Crippen LogP contribution in [0.2, 0.25) is 5.02 Å². The van der Waals surface area contributed by atoms with Gasteiger partial charge in [-0.3, -0.25) is 4.79 Å². The average Bonchev–Trinajstić information content (AvgIpc) is 2.89. The molecule has 0 unspecified atom stereocenters. The van der Waals surface area contributed by atoms with E-state index in [-0.39, 0.29) is 17.2 Å². The van der Waals surface area contributed by atoms with Crippen LogP contribution in [-0.2, 0) is 21.2 Å². The Morgan fingerprint density at radius 1 is 0.972 bits per heavy atom. The van der Waals surface area contributed by atoms with Gasteiger partial charge in [0.1, 0.15) is 11.8 Å². The van der Waals surface area contributed by atoms with Gasteiger partial charge >= 0.3 is 0 Å². The third-order valence-electron chi connectivity index (χ3n) is 6.09. The van der Waals surface area contributed by atoms with Crippen LogP contribution in [0.15, 0.2) is 83.8 Å². The van der Waals surface area contributed by atoms with Crippen molar-refractivity contribution in [3.8, 4) is 5.75 Å². The number of halogens is 1. The molecule has 1 aliphatic heterocycles. The fourth-order valence-corrected chi connectivity index (χ4v) is 5.62. The second kappa shape index (κ2) is 11.8. The first-order valence-electron chi connectivity index (χ1n) is 11.9. The van der Waals surface area contributed by atoms with Gasteiger partial charge in [-0.25, -0.2) is 8.42 Å². The summed E-state index contributed by atoms with van der Waals surface area (Å²) in [5.41, 5.74) is 1.88. The highest BCUT2D eigenvalue weighted by atomic mass is 35.5. The molecule has 1 aliphatic rings. The molecule has 0 aromatic heterocycles. The normalized spacial score (nSPS) is 14.9. The number of ether oxygens (including phenoxy) is 1. The Morgan fingerprint density at radius 2 is 1.67 bits per heavy atom. The zero-order chi connectivity index (χ0) is 25.5. The monoisotopic (exact) mass is 527 g/mol. The Balaban J connectivity index is 1.49. The number of benzene rings is 3. The fourth-order valence-electron chi connectivity index (χ4n) is 4.24. The third-order valence-corrected chi connectivity index (χ3v) is 7.81. The summed E-state index contributed by atoms with van der Waals surface area (Å²) in [7, 11) is -3.93. The summed E-state index contributed by atoms with van der Waals surface area (Å²) >= 11 is 6.13. The predicted octanol–water partition coefficient (Wildman–Crippen LogP) is 3.98. The van der Waals surface area contributed by atoms with Crippen molar-refractivity contribution in [3.05, 3.63) is 89.4 Å². The molecule has 0 radical (unpaired) electrons. The molecule has 190 valence electrons. The molecule has 0 aliphatic carbocycles. The molecule has 1 heterocycles. The highest BCUT2D eigenvalue weighted by Crippen LogP contribution is 2.22.